The zero-order valence-corrected chi connectivity index (χ0v) is 16.4. The summed E-state index contributed by atoms with van der Waals surface area (Å²) in [7, 11) is 2.12. The first kappa shape index (κ1) is 19.8. The minimum Gasteiger partial charge on any atom is -0.354 e. The molecule has 7 nitrogen and oxygen atoms in total. The third-order valence-corrected chi connectivity index (χ3v) is 4.76. The Balaban J connectivity index is 1.47. The Morgan fingerprint density at radius 1 is 1.07 bits per heavy atom. The third kappa shape index (κ3) is 5.53. The lowest BCUT2D eigenvalue weighted by Gasteiger charge is -2.33. The molecule has 3 rings (SSSR count). The first-order valence-electron chi connectivity index (χ1n) is 9.56. The SMILES string of the molecule is C[C@H](CC(=O)Nc1ccc(N2CCN(C)CC2)nc1)NC(=O)c1ccccc1. The highest BCUT2D eigenvalue weighted by Gasteiger charge is 2.16. The quantitative estimate of drug-likeness (QED) is 0.800. The number of likely N-dealkylation sites (N-methyl/N-ethyl adjacent to an activating group) is 1. The van der Waals surface area contributed by atoms with Crippen LogP contribution in [0, 0.1) is 0 Å². The number of hydrogen-bond donors (Lipinski definition) is 2. The van der Waals surface area contributed by atoms with E-state index in [0.29, 0.717) is 11.3 Å². The molecular formula is C21H27N5O2. The summed E-state index contributed by atoms with van der Waals surface area (Å²) in [5, 5.41) is 5.69. The van der Waals surface area contributed by atoms with Crippen molar-refractivity contribution in [2.24, 2.45) is 0 Å². The summed E-state index contributed by atoms with van der Waals surface area (Å²) >= 11 is 0. The zero-order valence-electron chi connectivity index (χ0n) is 16.4. The Kier molecular flexibility index (Phi) is 6.60. The minimum absolute atomic E-state index is 0.157. The van der Waals surface area contributed by atoms with E-state index in [-0.39, 0.29) is 24.3 Å². The molecule has 1 fully saturated rings. The van der Waals surface area contributed by atoms with E-state index in [2.05, 4.69) is 32.5 Å². The molecule has 0 spiro atoms. The van der Waals surface area contributed by atoms with Crippen LogP contribution >= 0.6 is 0 Å². The van der Waals surface area contributed by atoms with Crippen molar-refractivity contribution in [1.29, 1.82) is 0 Å². The van der Waals surface area contributed by atoms with E-state index in [9.17, 15) is 9.59 Å². The number of carbonyl (C=O) groups excluding carboxylic acids is 2. The van der Waals surface area contributed by atoms with Crippen LogP contribution in [0.3, 0.4) is 0 Å². The number of benzene rings is 1. The van der Waals surface area contributed by atoms with Crippen LogP contribution in [0.4, 0.5) is 11.5 Å². The Bertz CT molecular complexity index is 786. The molecule has 1 aromatic heterocycles. The lowest BCUT2D eigenvalue weighted by Crippen LogP contribution is -2.44. The highest BCUT2D eigenvalue weighted by atomic mass is 16.2. The van der Waals surface area contributed by atoms with Crippen molar-refractivity contribution >= 4 is 23.3 Å². The maximum absolute atomic E-state index is 12.3. The number of aromatic nitrogens is 1. The fraction of sp³-hybridized carbons (Fsp3) is 0.381. The Labute approximate surface area is 165 Å². The molecule has 148 valence electrons. The molecule has 2 amide bonds. The number of rotatable bonds is 6. The Morgan fingerprint density at radius 2 is 1.79 bits per heavy atom. The van der Waals surface area contributed by atoms with Gasteiger partial charge in [-0.1, -0.05) is 18.2 Å². The van der Waals surface area contributed by atoms with Crippen LogP contribution in [0.15, 0.2) is 48.7 Å². The average molecular weight is 381 g/mol. The number of nitrogens with one attached hydrogen (secondary N) is 2. The summed E-state index contributed by atoms with van der Waals surface area (Å²) in [4.78, 5) is 33.4. The summed E-state index contributed by atoms with van der Waals surface area (Å²) in [5.41, 5.74) is 1.24. The highest BCUT2D eigenvalue weighted by Crippen LogP contribution is 2.16. The van der Waals surface area contributed by atoms with Gasteiger partial charge in [-0.05, 0) is 38.2 Å². The molecule has 7 heteroatoms. The van der Waals surface area contributed by atoms with Gasteiger partial charge in [0.15, 0.2) is 0 Å². The largest absolute Gasteiger partial charge is 0.354 e. The number of anilines is 2. The summed E-state index contributed by atoms with van der Waals surface area (Å²) in [6.07, 6.45) is 1.87. The molecule has 2 aromatic rings. The maximum Gasteiger partial charge on any atom is 0.251 e. The summed E-state index contributed by atoms with van der Waals surface area (Å²) in [5.74, 6) is 0.587. The number of pyridine rings is 1. The smallest absolute Gasteiger partial charge is 0.251 e. The molecule has 0 unspecified atom stereocenters. The van der Waals surface area contributed by atoms with Crippen molar-refractivity contribution in [3.63, 3.8) is 0 Å². The second-order valence-corrected chi connectivity index (χ2v) is 7.19. The average Bonchev–Trinajstić information content (AvgIpc) is 2.69. The van der Waals surface area contributed by atoms with Crippen molar-refractivity contribution in [3.05, 3.63) is 54.2 Å². The topological polar surface area (TPSA) is 77.6 Å². The van der Waals surface area contributed by atoms with Crippen LogP contribution < -0.4 is 15.5 Å². The molecule has 0 saturated carbocycles. The number of nitrogens with zero attached hydrogens (tertiary/aromatic N) is 3. The molecule has 2 heterocycles. The molecule has 1 aliphatic rings. The zero-order chi connectivity index (χ0) is 19.9. The van der Waals surface area contributed by atoms with Gasteiger partial charge in [-0.2, -0.15) is 0 Å². The van der Waals surface area contributed by atoms with Crippen molar-refractivity contribution in [1.82, 2.24) is 15.2 Å². The van der Waals surface area contributed by atoms with Crippen LogP contribution in [-0.2, 0) is 4.79 Å². The van der Waals surface area contributed by atoms with Crippen molar-refractivity contribution in [2.75, 3.05) is 43.4 Å². The molecule has 0 aliphatic carbocycles. The molecule has 28 heavy (non-hydrogen) atoms. The molecular weight excluding hydrogens is 354 g/mol. The standard InChI is InChI=1S/C21H27N5O2/c1-16(23-21(28)17-6-4-3-5-7-17)14-20(27)24-18-8-9-19(22-15-18)26-12-10-25(2)11-13-26/h3-9,15-16H,10-14H2,1-2H3,(H,23,28)(H,24,27)/t16-/m1/s1. The van der Waals surface area contributed by atoms with Gasteiger partial charge in [0.25, 0.3) is 5.91 Å². The van der Waals surface area contributed by atoms with Gasteiger partial charge >= 0.3 is 0 Å². The lowest BCUT2D eigenvalue weighted by molar-refractivity contribution is -0.116. The van der Waals surface area contributed by atoms with Gasteiger partial charge in [-0.25, -0.2) is 4.98 Å². The second kappa shape index (κ2) is 9.32. The highest BCUT2D eigenvalue weighted by molar-refractivity contribution is 5.95. The Morgan fingerprint density at radius 3 is 2.43 bits per heavy atom. The summed E-state index contributed by atoms with van der Waals surface area (Å²) < 4.78 is 0. The van der Waals surface area contributed by atoms with Crippen LogP contribution in [0.1, 0.15) is 23.7 Å². The van der Waals surface area contributed by atoms with E-state index in [0.717, 1.165) is 32.0 Å². The van der Waals surface area contributed by atoms with Crippen molar-refractivity contribution in [2.45, 2.75) is 19.4 Å². The van der Waals surface area contributed by atoms with Crippen LogP contribution in [-0.4, -0.2) is 61.0 Å². The summed E-state index contributed by atoms with van der Waals surface area (Å²) in [6.45, 7) is 5.76. The van der Waals surface area contributed by atoms with Gasteiger partial charge in [0.2, 0.25) is 5.91 Å². The monoisotopic (exact) mass is 381 g/mol. The Hall–Kier alpha value is -2.93. The predicted molar refractivity (Wildman–Crippen MR) is 111 cm³/mol. The molecule has 1 atom stereocenters. The minimum atomic E-state index is -0.273. The van der Waals surface area contributed by atoms with Gasteiger partial charge in [0.05, 0.1) is 11.9 Å². The van der Waals surface area contributed by atoms with Crippen LogP contribution in [0.5, 0.6) is 0 Å². The molecule has 1 aliphatic heterocycles. The van der Waals surface area contributed by atoms with Crippen LogP contribution in [0.25, 0.3) is 0 Å². The molecule has 1 saturated heterocycles. The van der Waals surface area contributed by atoms with E-state index in [1.54, 1.807) is 18.3 Å². The molecule has 0 bridgehead atoms. The van der Waals surface area contributed by atoms with Gasteiger partial charge < -0.3 is 20.4 Å². The molecule has 0 radical (unpaired) electrons. The van der Waals surface area contributed by atoms with Crippen molar-refractivity contribution in [3.8, 4) is 0 Å². The first-order chi connectivity index (χ1) is 13.5. The third-order valence-electron chi connectivity index (χ3n) is 4.76. The van der Waals surface area contributed by atoms with Crippen LogP contribution in [0.2, 0.25) is 0 Å². The van der Waals surface area contributed by atoms with Gasteiger partial charge in [0.1, 0.15) is 5.82 Å². The van der Waals surface area contributed by atoms with Gasteiger partial charge in [0, 0.05) is 44.2 Å². The number of carbonyl (C=O) groups is 2. The lowest BCUT2D eigenvalue weighted by atomic mass is 10.1. The fourth-order valence-corrected chi connectivity index (χ4v) is 3.12. The maximum atomic E-state index is 12.3. The predicted octanol–water partition coefficient (Wildman–Crippen LogP) is 1.98. The van der Waals surface area contributed by atoms with E-state index in [1.807, 2.05) is 37.3 Å². The molecule has 2 N–H and O–H groups in total. The van der Waals surface area contributed by atoms with E-state index >= 15 is 0 Å². The normalized spacial score (nSPS) is 15.7. The number of amides is 2. The molecule has 1 aromatic carbocycles. The van der Waals surface area contributed by atoms with Gasteiger partial charge in [-0.3, -0.25) is 9.59 Å². The number of piperazine rings is 1. The first-order valence-corrected chi connectivity index (χ1v) is 9.56. The van der Waals surface area contributed by atoms with Crippen molar-refractivity contribution < 1.29 is 9.59 Å². The van der Waals surface area contributed by atoms with E-state index in [4.69, 9.17) is 0 Å². The second-order valence-electron chi connectivity index (χ2n) is 7.19. The fourth-order valence-electron chi connectivity index (χ4n) is 3.12. The summed E-state index contributed by atoms with van der Waals surface area (Å²) in [6, 6.07) is 12.5. The van der Waals surface area contributed by atoms with E-state index < -0.39 is 0 Å². The van der Waals surface area contributed by atoms with E-state index in [1.165, 1.54) is 0 Å². The van der Waals surface area contributed by atoms with Gasteiger partial charge in [-0.15, -0.1) is 0 Å². The number of hydrogen-bond acceptors (Lipinski definition) is 5.